The summed E-state index contributed by atoms with van der Waals surface area (Å²) in [6.07, 6.45) is 1.56. The van der Waals surface area contributed by atoms with Gasteiger partial charge in [0.1, 0.15) is 18.0 Å². The van der Waals surface area contributed by atoms with E-state index in [9.17, 15) is 4.39 Å². The highest BCUT2D eigenvalue weighted by atomic mass is 19.1. The number of nitrogens with zero attached hydrogens (tertiary/aromatic N) is 3. The second kappa shape index (κ2) is 6.61. The third kappa shape index (κ3) is 3.87. The highest BCUT2D eigenvalue weighted by molar-refractivity contribution is 5.26. The van der Waals surface area contributed by atoms with Crippen LogP contribution in [0.25, 0.3) is 0 Å². The molecule has 0 radical (unpaired) electrons. The third-order valence-electron chi connectivity index (χ3n) is 3.16. The zero-order chi connectivity index (χ0) is 14.5. The molecule has 0 fully saturated rings. The van der Waals surface area contributed by atoms with E-state index in [0.717, 1.165) is 23.5 Å². The summed E-state index contributed by atoms with van der Waals surface area (Å²) in [6, 6.07) is 4.83. The largest absolute Gasteiger partial charge is 0.310 e. The molecular formula is C15H21FN4. The highest BCUT2D eigenvalue weighted by Gasteiger charge is 2.07. The molecule has 0 saturated carbocycles. The van der Waals surface area contributed by atoms with Crippen molar-refractivity contribution in [1.82, 2.24) is 20.1 Å². The van der Waals surface area contributed by atoms with Crippen LogP contribution in [-0.4, -0.2) is 21.3 Å². The molecule has 0 saturated heterocycles. The predicted octanol–water partition coefficient (Wildman–Crippen LogP) is 2.52. The molecule has 0 amide bonds. The molecular weight excluding hydrogens is 255 g/mol. The number of hydrogen-bond acceptors (Lipinski definition) is 3. The summed E-state index contributed by atoms with van der Waals surface area (Å²) in [7, 11) is 0. The summed E-state index contributed by atoms with van der Waals surface area (Å²) in [4.78, 5) is 4.27. The van der Waals surface area contributed by atoms with Crippen LogP contribution in [0.3, 0.4) is 0 Å². The summed E-state index contributed by atoms with van der Waals surface area (Å²) in [5.74, 6) is 1.30. The van der Waals surface area contributed by atoms with Gasteiger partial charge in [-0.1, -0.05) is 19.9 Å². The predicted molar refractivity (Wildman–Crippen MR) is 76.8 cm³/mol. The second-order valence-corrected chi connectivity index (χ2v) is 5.43. The quantitative estimate of drug-likeness (QED) is 0.881. The summed E-state index contributed by atoms with van der Waals surface area (Å²) in [5.41, 5.74) is 1.99. The molecule has 0 aliphatic carbocycles. The van der Waals surface area contributed by atoms with Gasteiger partial charge in [-0.25, -0.2) is 14.1 Å². The monoisotopic (exact) mass is 276 g/mol. The van der Waals surface area contributed by atoms with Crippen LogP contribution in [0.15, 0.2) is 24.5 Å². The standard InChI is InChI=1S/C15H21FN4/c1-11(2)7-17-8-15-18-10-19-20(15)9-13-4-5-14(16)6-12(13)3/h4-6,10-11,17H,7-9H2,1-3H3. The Kier molecular flexibility index (Phi) is 4.84. The minimum Gasteiger partial charge on any atom is -0.310 e. The Balaban J connectivity index is 2.04. The molecule has 0 atom stereocenters. The van der Waals surface area contributed by atoms with Crippen LogP contribution in [0, 0.1) is 18.7 Å². The van der Waals surface area contributed by atoms with Crippen molar-refractivity contribution in [2.75, 3.05) is 6.54 Å². The SMILES string of the molecule is Cc1cc(F)ccc1Cn1ncnc1CNCC(C)C. The lowest BCUT2D eigenvalue weighted by Crippen LogP contribution is -2.22. The smallest absolute Gasteiger partial charge is 0.141 e. The van der Waals surface area contributed by atoms with Gasteiger partial charge in [-0.05, 0) is 42.6 Å². The van der Waals surface area contributed by atoms with Crippen LogP contribution in [0.2, 0.25) is 0 Å². The van der Waals surface area contributed by atoms with Gasteiger partial charge in [0.25, 0.3) is 0 Å². The second-order valence-electron chi connectivity index (χ2n) is 5.43. The lowest BCUT2D eigenvalue weighted by Gasteiger charge is -2.10. The Bertz CT molecular complexity index is 563. The Hall–Kier alpha value is -1.75. The zero-order valence-electron chi connectivity index (χ0n) is 12.2. The maximum Gasteiger partial charge on any atom is 0.141 e. The molecule has 4 nitrogen and oxygen atoms in total. The number of benzene rings is 1. The van der Waals surface area contributed by atoms with E-state index in [1.807, 2.05) is 11.6 Å². The number of aryl methyl sites for hydroxylation is 1. The molecule has 5 heteroatoms. The molecule has 0 unspecified atom stereocenters. The van der Waals surface area contributed by atoms with Gasteiger partial charge in [-0.15, -0.1) is 0 Å². The molecule has 1 aromatic carbocycles. The number of halogens is 1. The van der Waals surface area contributed by atoms with Crippen molar-refractivity contribution in [2.24, 2.45) is 5.92 Å². The summed E-state index contributed by atoms with van der Waals surface area (Å²) in [5, 5.41) is 7.60. The Morgan fingerprint density at radius 2 is 2.15 bits per heavy atom. The van der Waals surface area contributed by atoms with E-state index in [1.165, 1.54) is 6.07 Å². The fraction of sp³-hybridized carbons (Fsp3) is 0.467. The minimum atomic E-state index is -0.205. The van der Waals surface area contributed by atoms with Gasteiger partial charge in [-0.3, -0.25) is 0 Å². The molecule has 0 aliphatic heterocycles. The first-order valence-electron chi connectivity index (χ1n) is 6.88. The number of nitrogens with one attached hydrogen (secondary N) is 1. The summed E-state index contributed by atoms with van der Waals surface area (Å²) in [6.45, 7) is 8.50. The van der Waals surface area contributed by atoms with Crippen molar-refractivity contribution < 1.29 is 4.39 Å². The number of rotatable bonds is 6. The van der Waals surface area contributed by atoms with E-state index in [0.29, 0.717) is 19.0 Å². The Labute approximate surface area is 119 Å². The fourth-order valence-electron chi connectivity index (χ4n) is 2.03. The van der Waals surface area contributed by atoms with Crippen molar-refractivity contribution in [1.29, 1.82) is 0 Å². The van der Waals surface area contributed by atoms with Crippen molar-refractivity contribution in [2.45, 2.75) is 33.9 Å². The first-order valence-corrected chi connectivity index (χ1v) is 6.88. The van der Waals surface area contributed by atoms with Gasteiger partial charge in [0.2, 0.25) is 0 Å². The first kappa shape index (κ1) is 14.7. The molecule has 0 bridgehead atoms. The van der Waals surface area contributed by atoms with E-state index in [1.54, 1.807) is 18.5 Å². The van der Waals surface area contributed by atoms with Gasteiger partial charge >= 0.3 is 0 Å². The molecule has 1 aromatic heterocycles. The van der Waals surface area contributed by atoms with Gasteiger partial charge in [0.05, 0.1) is 13.1 Å². The first-order chi connectivity index (χ1) is 9.56. The van der Waals surface area contributed by atoms with Crippen LogP contribution in [0.5, 0.6) is 0 Å². The lowest BCUT2D eigenvalue weighted by atomic mass is 10.1. The molecule has 2 rings (SSSR count). The average Bonchev–Trinajstić information content (AvgIpc) is 2.80. The van der Waals surface area contributed by atoms with E-state index < -0.39 is 0 Å². The molecule has 1 N–H and O–H groups in total. The summed E-state index contributed by atoms with van der Waals surface area (Å²) < 4.78 is 15.0. The van der Waals surface area contributed by atoms with Gasteiger partial charge in [-0.2, -0.15) is 5.10 Å². The van der Waals surface area contributed by atoms with Crippen molar-refractivity contribution in [3.63, 3.8) is 0 Å². The topological polar surface area (TPSA) is 42.7 Å². The fourth-order valence-corrected chi connectivity index (χ4v) is 2.03. The van der Waals surface area contributed by atoms with Crippen molar-refractivity contribution >= 4 is 0 Å². The molecule has 108 valence electrons. The molecule has 20 heavy (non-hydrogen) atoms. The Morgan fingerprint density at radius 1 is 1.35 bits per heavy atom. The van der Waals surface area contributed by atoms with Crippen LogP contribution < -0.4 is 5.32 Å². The molecule has 0 aliphatic rings. The maximum atomic E-state index is 13.1. The van der Waals surface area contributed by atoms with E-state index in [-0.39, 0.29) is 5.82 Å². The minimum absolute atomic E-state index is 0.205. The molecule has 1 heterocycles. The number of aromatic nitrogens is 3. The van der Waals surface area contributed by atoms with Crippen LogP contribution in [-0.2, 0) is 13.1 Å². The summed E-state index contributed by atoms with van der Waals surface area (Å²) >= 11 is 0. The van der Waals surface area contributed by atoms with Gasteiger partial charge < -0.3 is 5.32 Å². The van der Waals surface area contributed by atoms with E-state index in [4.69, 9.17) is 0 Å². The highest BCUT2D eigenvalue weighted by Crippen LogP contribution is 2.12. The molecule has 2 aromatic rings. The van der Waals surface area contributed by atoms with Crippen LogP contribution >= 0.6 is 0 Å². The van der Waals surface area contributed by atoms with E-state index in [2.05, 4.69) is 29.2 Å². The third-order valence-corrected chi connectivity index (χ3v) is 3.16. The van der Waals surface area contributed by atoms with E-state index >= 15 is 0 Å². The normalized spacial score (nSPS) is 11.2. The van der Waals surface area contributed by atoms with Crippen molar-refractivity contribution in [3.05, 3.63) is 47.3 Å². The maximum absolute atomic E-state index is 13.1. The molecule has 0 spiro atoms. The van der Waals surface area contributed by atoms with Crippen LogP contribution in [0.1, 0.15) is 30.8 Å². The van der Waals surface area contributed by atoms with Crippen LogP contribution in [0.4, 0.5) is 4.39 Å². The Morgan fingerprint density at radius 3 is 2.85 bits per heavy atom. The van der Waals surface area contributed by atoms with Gasteiger partial charge in [0.15, 0.2) is 0 Å². The number of hydrogen-bond donors (Lipinski definition) is 1. The lowest BCUT2D eigenvalue weighted by molar-refractivity contribution is 0.523. The van der Waals surface area contributed by atoms with Gasteiger partial charge in [0, 0.05) is 0 Å². The zero-order valence-corrected chi connectivity index (χ0v) is 12.2. The average molecular weight is 276 g/mol. The van der Waals surface area contributed by atoms with Crippen molar-refractivity contribution in [3.8, 4) is 0 Å².